The van der Waals surface area contributed by atoms with Crippen molar-refractivity contribution in [2.24, 2.45) is 0 Å². The summed E-state index contributed by atoms with van der Waals surface area (Å²) in [4.78, 5) is 14.5. The van der Waals surface area contributed by atoms with Crippen LogP contribution in [0.1, 0.15) is 0 Å². The Morgan fingerprint density at radius 2 is 1.84 bits per heavy atom. The number of rotatable bonds is 4. The van der Waals surface area contributed by atoms with Gasteiger partial charge in [0, 0.05) is 37.6 Å². The molecule has 130 valence electrons. The number of fused-ring (bicyclic) bond motifs is 1. The molecule has 0 saturated carbocycles. The summed E-state index contributed by atoms with van der Waals surface area (Å²) in [6.07, 6.45) is 1.61. The first kappa shape index (κ1) is 16.4. The maximum atomic E-state index is 13.2. The van der Waals surface area contributed by atoms with Crippen LogP contribution in [0.2, 0.25) is 0 Å². The third kappa shape index (κ3) is 3.35. The minimum absolute atomic E-state index is 0.198. The van der Waals surface area contributed by atoms with Crippen molar-refractivity contribution in [3.05, 3.63) is 42.5 Å². The summed E-state index contributed by atoms with van der Waals surface area (Å²) in [5, 5.41) is 9.07. The number of hydrogen-bond donors (Lipinski definition) is 1. The lowest BCUT2D eigenvalue weighted by Gasteiger charge is -2.35. The SMILES string of the molecule is OCCN1CCN(c2ncnc3cc(-c4ccc(F)cc4)sc23)CC1. The number of aliphatic hydroxyl groups is 1. The molecule has 1 fully saturated rings. The Hall–Kier alpha value is -2.09. The molecule has 0 aliphatic carbocycles. The van der Waals surface area contributed by atoms with Crippen LogP contribution in [-0.4, -0.2) is 59.3 Å². The lowest BCUT2D eigenvalue weighted by Crippen LogP contribution is -2.47. The Labute approximate surface area is 149 Å². The summed E-state index contributed by atoms with van der Waals surface area (Å²) in [5.74, 6) is 0.734. The van der Waals surface area contributed by atoms with Gasteiger partial charge in [0.1, 0.15) is 18.0 Å². The first-order valence-electron chi connectivity index (χ1n) is 8.33. The van der Waals surface area contributed by atoms with Gasteiger partial charge in [-0.15, -0.1) is 11.3 Å². The molecule has 3 heterocycles. The molecule has 0 unspecified atom stereocenters. The molecule has 1 saturated heterocycles. The largest absolute Gasteiger partial charge is 0.395 e. The Morgan fingerprint density at radius 1 is 1.08 bits per heavy atom. The molecule has 7 heteroatoms. The molecule has 0 bridgehead atoms. The minimum Gasteiger partial charge on any atom is -0.395 e. The summed E-state index contributed by atoms with van der Waals surface area (Å²) in [6.45, 7) is 4.53. The van der Waals surface area contributed by atoms with E-state index in [4.69, 9.17) is 5.11 Å². The van der Waals surface area contributed by atoms with Crippen LogP contribution < -0.4 is 4.90 Å². The predicted octanol–water partition coefficient (Wildman–Crippen LogP) is 2.61. The van der Waals surface area contributed by atoms with E-state index in [1.165, 1.54) is 12.1 Å². The fourth-order valence-corrected chi connectivity index (χ4v) is 4.28. The first-order valence-corrected chi connectivity index (χ1v) is 9.15. The fraction of sp³-hybridized carbons (Fsp3) is 0.333. The molecule has 1 N–H and O–H groups in total. The van der Waals surface area contributed by atoms with Crippen LogP contribution in [0.5, 0.6) is 0 Å². The summed E-state index contributed by atoms with van der Waals surface area (Å²) < 4.78 is 14.2. The van der Waals surface area contributed by atoms with Gasteiger partial charge in [0.05, 0.1) is 16.8 Å². The van der Waals surface area contributed by atoms with Gasteiger partial charge in [0.25, 0.3) is 0 Å². The molecule has 0 radical (unpaired) electrons. The molecule has 3 aromatic rings. The van der Waals surface area contributed by atoms with E-state index in [0.29, 0.717) is 0 Å². The first-order chi connectivity index (χ1) is 12.2. The molecule has 1 aliphatic rings. The zero-order valence-corrected chi connectivity index (χ0v) is 14.5. The Morgan fingerprint density at radius 3 is 2.56 bits per heavy atom. The molecule has 0 spiro atoms. The third-order valence-corrected chi connectivity index (χ3v) is 5.68. The van der Waals surface area contributed by atoms with Gasteiger partial charge in [-0.3, -0.25) is 4.90 Å². The van der Waals surface area contributed by atoms with Gasteiger partial charge in [-0.1, -0.05) is 12.1 Å². The monoisotopic (exact) mass is 358 g/mol. The number of hydrogen-bond acceptors (Lipinski definition) is 6. The van der Waals surface area contributed by atoms with Gasteiger partial charge in [-0.2, -0.15) is 0 Å². The van der Waals surface area contributed by atoms with Crippen molar-refractivity contribution in [2.75, 3.05) is 44.2 Å². The lowest BCUT2D eigenvalue weighted by molar-refractivity contribution is 0.188. The predicted molar refractivity (Wildman–Crippen MR) is 98.5 cm³/mol. The van der Waals surface area contributed by atoms with Gasteiger partial charge in [0.15, 0.2) is 0 Å². The number of aliphatic hydroxyl groups excluding tert-OH is 1. The number of nitrogens with zero attached hydrogens (tertiary/aromatic N) is 4. The van der Waals surface area contributed by atoms with Crippen molar-refractivity contribution in [1.29, 1.82) is 0 Å². The molecule has 25 heavy (non-hydrogen) atoms. The molecule has 1 aromatic carbocycles. The third-order valence-electron chi connectivity index (χ3n) is 4.51. The maximum absolute atomic E-state index is 13.2. The van der Waals surface area contributed by atoms with E-state index in [0.717, 1.165) is 59.2 Å². The Balaban J connectivity index is 1.63. The summed E-state index contributed by atoms with van der Waals surface area (Å²) >= 11 is 1.64. The zero-order chi connectivity index (χ0) is 17.2. The van der Waals surface area contributed by atoms with Crippen LogP contribution in [0.4, 0.5) is 10.2 Å². The van der Waals surface area contributed by atoms with Crippen molar-refractivity contribution >= 4 is 27.4 Å². The van der Waals surface area contributed by atoms with Crippen molar-refractivity contribution in [3.63, 3.8) is 0 Å². The van der Waals surface area contributed by atoms with Gasteiger partial charge >= 0.3 is 0 Å². The molecular weight excluding hydrogens is 339 g/mol. The van der Waals surface area contributed by atoms with Crippen LogP contribution in [-0.2, 0) is 0 Å². The normalized spacial score (nSPS) is 15.8. The lowest BCUT2D eigenvalue weighted by atomic mass is 10.2. The second-order valence-corrected chi connectivity index (χ2v) is 7.13. The topological polar surface area (TPSA) is 52.5 Å². The van der Waals surface area contributed by atoms with E-state index in [1.54, 1.807) is 29.8 Å². The Bertz CT molecular complexity index is 859. The maximum Gasteiger partial charge on any atom is 0.150 e. The van der Waals surface area contributed by atoms with Crippen LogP contribution >= 0.6 is 11.3 Å². The quantitative estimate of drug-likeness (QED) is 0.777. The van der Waals surface area contributed by atoms with Crippen molar-refractivity contribution < 1.29 is 9.50 Å². The van der Waals surface area contributed by atoms with Gasteiger partial charge in [-0.05, 0) is 23.8 Å². The molecule has 5 nitrogen and oxygen atoms in total. The van der Waals surface area contributed by atoms with Crippen LogP contribution in [0.25, 0.3) is 20.7 Å². The highest BCUT2D eigenvalue weighted by molar-refractivity contribution is 7.22. The molecule has 0 atom stereocenters. The summed E-state index contributed by atoms with van der Waals surface area (Å²) in [7, 11) is 0. The molecule has 1 aliphatic heterocycles. The average Bonchev–Trinajstić information content (AvgIpc) is 3.07. The average molecular weight is 358 g/mol. The van der Waals surface area contributed by atoms with Crippen molar-refractivity contribution in [3.8, 4) is 10.4 Å². The number of thiophene rings is 1. The molecule has 0 amide bonds. The van der Waals surface area contributed by atoms with Crippen molar-refractivity contribution in [2.45, 2.75) is 0 Å². The second-order valence-electron chi connectivity index (χ2n) is 6.08. The smallest absolute Gasteiger partial charge is 0.150 e. The van der Waals surface area contributed by atoms with Crippen LogP contribution in [0.3, 0.4) is 0 Å². The number of benzene rings is 1. The highest BCUT2D eigenvalue weighted by Gasteiger charge is 2.21. The number of halogens is 1. The van der Waals surface area contributed by atoms with E-state index in [9.17, 15) is 4.39 Å². The second kappa shape index (κ2) is 7.03. The molecule has 2 aromatic heterocycles. The number of aromatic nitrogens is 2. The highest BCUT2D eigenvalue weighted by Crippen LogP contribution is 2.37. The fourth-order valence-electron chi connectivity index (χ4n) is 3.15. The number of β-amino-alcohol motifs (C(OH)–C–C–N with tert-alkyl or cyclic N) is 1. The molecule has 4 rings (SSSR count). The summed E-state index contributed by atoms with van der Waals surface area (Å²) in [6, 6.07) is 8.58. The van der Waals surface area contributed by atoms with E-state index >= 15 is 0 Å². The number of anilines is 1. The van der Waals surface area contributed by atoms with E-state index < -0.39 is 0 Å². The highest BCUT2D eigenvalue weighted by atomic mass is 32.1. The van der Waals surface area contributed by atoms with Crippen LogP contribution in [0.15, 0.2) is 36.7 Å². The van der Waals surface area contributed by atoms with Gasteiger partial charge in [0.2, 0.25) is 0 Å². The van der Waals surface area contributed by atoms with E-state index in [1.807, 2.05) is 6.07 Å². The minimum atomic E-state index is -0.230. The van der Waals surface area contributed by atoms with E-state index in [2.05, 4.69) is 19.8 Å². The van der Waals surface area contributed by atoms with Gasteiger partial charge < -0.3 is 10.0 Å². The Kier molecular flexibility index (Phi) is 4.61. The van der Waals surface area contributed by atoms with E-state index in [-0.39, 0.29) is 12.4 Å². The standard InChI is InChI=1S/C18H19FN4OS/c19-14-3-1-13(2-4-14)16-11-15-17(25-16)18(21-12-20-15)23-7-5-22(6-8-23)9-10-24/h1-4,11-12,24H,5-10H2. The summed E-state index contributed by atoms with van der Waals surface area (Å²) in [5.41, 5.74) is 1.91. The van der Waals surface area contributed by atoms with Crippen LogP contribution in [0, 0.1) is 5.82 Å². The molecular formula is C18H19FN4OS. The number of piperazine rings is 1. The van der Waals surface area contributed by atoms with Crippen molar-refractivity contribution in [1.82, 2.24) is 14.9 Å². The zero-order valence-electron chi connectivity index (χ0n) is 13.7. The van der Waals surface area contributed by atoms with Gasteiger partial charge in [-0.25, -0.2) is 14.4 Å².